The van der Waals surface area contributed by atoms with Gasteiger partial charge in [0.05, 0.1) is 18.5 Å². The highest BCUT2D eigenvalue weighted by Crippen LogP contribution is 2.08. The molecule has 0 aromatic rings. The van der Waals surface area contributed by atoms with Crippen LogP contribution in [0.15, 0.2) is 4.99 Å². The number of nitrogens with zero attached hydrogens (tertiary/aromatic N) is 1. The number of hydrogen-bond acceptors (Lipinski definition) is 2. The fourth-order valence-electron chi connectivity index (χ4n) is 0.958. The molecule has 0 amide bonds. The van der Waals surface area contributed by atoms with Gasteiger partial charge in [0.2, 0.25) is 0 Å². The summed E-state index contributed by atoms with van der Waals surface area (Å²) < 4.78 is 5.37. The molecule has 0 radical (unpaired) electrons. The Morgan fingerprint density at radius 1 is 1.29 bits per heavy atom. The third kappa shape index (κ3) is 5.22. The normalized spacial score (nSPS) is 15.2. The lowest BCUT2D eigenvalue weighted by atomic mass is 10.1. The largest absolute Gasteiger partial charge is 0.387 e. The first-order valence-corrected chi connectivity index (χ1v) is 5.39. The van der Waals surface area contributed by atoms with Crippen LogP contribution in [0.4, 0.5) is 0 Å². The van der Waals surface area contributed by atoms with Crippen LogP contribution in [-0.4, -0.2) is 25.1 Å². The Kier molecular flexibility index (Phi) is 6.54. The Bertz CT molecular complexity index is 176. The fourth-order valence-corrected chi connectivity index (χ4v) is 0.958. The van der Waals surface area contributed by atoms with Crippen molar-refractivity contribution < 1.29 is 4.74 Å². The fraction of sp³-hybridized carbons (Fsp3) is 0.909. The molecular weight excluding hydrogens is 176 g/mol. The van der Waals surface area contributed by atoms with E-state index in [1.54, 1.807) is 0 Å². The van der Waals surface area contributed by atoms with E-state index in [-0.39, 0.29) is 6.04 Å². The zero-order chi connectivity index (χ0) is 11.1. The van der Waals surface area contributed by atoms with Gasteiger partial charge in [0.25, 0.3) is 0 Å². The first-order valence-electron chi connectivity index (χ1n) is 5.39. The lowest BCUT2D eigenvalue weighted by molar-refractivity contribution is 0.122. The second kappa shape index (κ2) is 6.82. The highest BCUT2D eigenvalue weighted by molar-refractivity contribution is 5.82. The molecule has 0 spiro atoms. The molecule has 0 heterocycles. The number of ether oxygens (including phenoxy) is 1. The topological polar surface area (TPSA) is 47.6 Å². The highest BCUT2D eigenvalue weighted by Gasteiger charge is 2.13. The van der Waals surface area contributed by atoms with Crippen molar-refractivity contribution in [2.45, 2.75) is 40.7 Å². The summed E-state index contributed by atoms with van der Waals surface area (Å²) in [4.78, 5) is 4.48. The average Bonchev–Trinajstić information content (AvgIpc) is 2.10. The lowest BCUT2D eigenvalue weighted by Gasteiger charge is -2.18. The molecule has 14 heavy (non-hydrogen) atoms. The van der Waals surface area contributed by atoms with Gasteiger partial charge in [0.15, 0.2) is 0 Å². The number of aliphatic imine (C=N–C) groups is 1. The molecule has 1 unspecified atom stereocenters. The van der Waals surface area contributed by atoms with Crippen molar-refractivity contribution >= 4 is 5.84 Å². The van der Waals surface area contributed by atoms with Gasteiger partial charge in [-0.15, -0.1) is 0 Å². The predicted molar refractivity (Wildman–Crippen MR) is 61.6 cm³/mol. The predicted octanol–water partition coefficient (Wildman–Crippen LogP) is 2.06. The zero-order valence-electron chi connectivity index (χ0n) is 10.1. The summed E-state index contributed by atoms with van der Waals surface area (Å²) in [5.41, 5.74) is 5.82. The second-order valence-corrected chi connectivity index (χ2v) is 4.18. The van der Waals surface area contributed by atoms with E-state index in [2.05, 4.69) is 32.7 Å². The van der Waals surface area contributed by atoms with Crippen molar-refractivity contribution in [2.75, 3.05) is 13.2 Å². The standard InChI is InChI=1S/C11H24N2O/c1-6-14-7-10(8(2)3)13-11(12)9(4)5/h8-10H,6-7H2,1-5H3,(H2,12,13). The highest BCUT2D eigenvalue weighted by atomic mass is 16.5. The molecule has 3 nitrogen and oxygen atoms in total. The van der Waals surface area contributed by atoms with Crippen molar-refractivity contribution in [2.24, 2.45) is 22.6 Å². The van der Waals surface area contributed by atoms with Crippen LogP contribution >= 0.6 is 0 Å². The molecule has 2 N–H and O–H groups in total. The zero-order valence-corrected chi connectivity index (χ0v) is 10.1. The summed E-state index contributed by atoms with van der Waals surface area (Å²) in [5, 5.41) is 0. The van der Waals surface area contributed by atoms with E-state index in [0.717, 1.165) is 12.4 Å². The van der Waals surface area contributed by atoms with Crippen LogP contribution in [0.3, 0.4) is 0 Å². The summed E-state index contributed by atoms with van der Waals surface area (Å²) in [7, 11) is 0. The van der Waals surface area contributed by atoms with E-state index in [9.17, 15) is 0 Å². The first kappa shape index (κ1) is 13.4. The van der Waals surface area contributed by atoms with Gasteiger partial charge < -0.3 is 10.5 Å². The minimum atomic E-state index is 0.192. The van der Waals surface area contributed by atoms with Gasteiger partial charge >= 0.3 is 0 Å². The van der Waals surface area contributed by atoms with Crippen molar-refractivity contribution in [3.8, 4) is 0 Å². The summed E-state index contributed by atoms with van der Waals surface area (Å²) in [6.07, 6.45) is 0. The summed E-state index contributed by atoms with van der Waals surface area (Å²) in [6, 6.07) is 0.192. The van der Waals surface area contributed by atoms with Crippen LogP contribution in [0.1, 0.15) is 34.6 Å². The van der Waals surface area contributed by atoms with E-state index in [1.807, 2.05) is 6.92 Å². The Hall–Kier alpha value is -0.570. The van der Waals surface area contributed by atoms with Gasteiger partial charge in [-0.25, -0.2) is 0 Å². The molecule has 84 valence electrons. The SMILES string of the molecule is CCOCC(N=C(N)C(C)C)C(C)C. The summed E-state index contributed by atoms with van der Waals surface area (Å²) in [6.45, 7) is 11.8. The number of rotatable bonds is 6. The van der Waals surface area contributed by atoms with Crippen LogP contribution in [0.2, 0.25) is 0 Å². The maximum Gasteiger partial charge on any atom is 0.0967 e. The van der Waals surface area contributed by atoms with Crippen LogP contribution < -0.4 is 5.73 Å². The molecule has 0 saturated carbocycles. The van der Waals surface area contributed by atoms with E-state index < -0.39 is 0 Å². The van der Waals surface area contributed by atoms with Crippen LogP contribution in [0.25, 0.3) is 0 Å². The Morgan fingerprint density at radius 3 is 2.21 bits per heavy atom. The molecule has 0 fully saturated rings. The molecule has 0 aliphatic heterocycles. The van der Waals surface area contributed by atoms with Gasteiger partial charge in [-0.3, -0.25) is 4.99 Å². The molecule has 0 rings (SSSR count). The van der Waals surface area contributed by atoms with Gasteiger partial charge in [-0.1, -0.05) is 27.7 Å². The van der Waals surface area contributed by atoms with Crippen LogP contribution in [-0.2, 0) is 4.74 Å². The number of hydrogen-bond donors (Lipinski definition) is 1. The third-order valence-electron chi connectivity index (χ3n) is 2.17. The van der Waals surface area contributed by atoms with Gasteiger partial charge in [-0.05, 0) is 12.8 Å². The second-order valence-electron chi connectivity index (χ2n) is 4.18. The molecule has 0 aromatic carbocycles. The van der Waals surface area contributed by atoms with E-state index in [4.69, 9.17) is 10.5 Å². The van der Waals surface area contributed by atoms with Crippen molar-refractivity contribution in [1.29, 1.82) is 0 Å². The monoisotopic (exact) mass is 200 g/mol. The minimum Gasteiger partial charge on any atom is -0.387 e. The van der Waals surface area contributed by atoms with Gasteiger partial charge in [-0.2, -0.15) is 0 Å². The molecule has 0 bridgehead atoms. The summed E-state index contributed by atoms with van der Waals surface area (Å²) in [5.74, 6) is 1.51. The van der Waals surface area contributed by atoms with E-state index >= 15 is 0 Å². The smallest absolute Gasteiger partial charge is 0.0967 e. The molecule has 0 saturated heterocycles. The molecule has 0 aromatic heterocycles. The first-order chi connectivity index (χ1) is 6.49. The van der Waals surface area contributed by atoms with E-state index in [1.165, 1.54) is 0 Å². The van der Waals surface area contributed by atoms with Crippen molar-refractivity contribution in [3.63, 3.8) is 0 Å². The molecular formula is C11H24N2O. The van der Waals surface area contributed by atoms with Crippen molar-refractivity contribution in [1.82, 2.24) is 0 Å². The average molecular weight is 200 g/mol. The van der Waals surface area contributed by atoms with Gasteiger partial charge in [0.1, 0.15) is 0 Å². The Labute approximate surface area is 87.7 Å². The van der Waals surface area contributed by atoms with E-state index in [0.29, 0.717) is 18.4 Å². The molecule has 3 heteroatoms. The number of amidine groups is 1. The molecule has 0 aliphatic carbocycles. The quantitative estimate of drug-likeness (QED) is 0.527. The van der Waals surface area contributed by atoms with Crippen LogP contribution in [0, 0.1) is 11.8 Å². The molecule has 1 atom stereocenters. The minimum absolute atomic E-state index is 0.192. The maximum atomic E-state index is 5.82. The molecule has 0 aliphatic rings. The van der Waals surface area contributed by atoms with Crippen LogP contribution in [0.5, 0.6) is 0 Å². The third-order valence-corrected chi connectivity index (χ3v) is 2.17. The maximum absolute atomic E-state index is 5.82. The Balaban J connectivity index is 4.28. The van der Waals surface area contributed by atoms with Crippen molar-refractivity contribution in [3.05, 3.63) is 0 Å². The van der Waals surface area contributed by atoms with Gasteiger partial charge in [0, 0.05) is 12.5 Å². The number of nitrogens with two attached hydrogens (primary N) is 1. The lowest BCUT2D eigenvalue weighted by Crippen LogP contribution is -2.27. The Morgan fingerprint density at radius 2 is 1.86 bits per heavy atom. The summed E-state index contributed by atoms with van der Waals surface area (Å²) >= 11 is 0.